The van der Waals surface area contributed by atoms with Crippen LogP contribution >= 0.6 is 11.3 Å². The van der Waals surface area contributed by atoms with Crippen molar-refractivity contribution in [3.05, 3.63) is 46.2 Å². The Morgan fingerprint density at radius 2 is 2.21 bits per heavy atom. The van der Waals surface area contributed by atoms with E-state index in [1.807, 2.05) is 13.0 Å². The molecular weight excluding hydrogens is 258 g/mol. The fourth-order valence-corrected chi connectivity index (χ4v) is 2.59. The van der Waals surface area contributed by atoms with Crippen molar-refractivity contribution < 1.29 is 9.90 Å². The molecule has 100 valence electrons. The zero-order chi connectivity index (χ0) is 13.7. The number of carbonyl (C=O) groups excluding carboxylic acids is 1. The molecule has 0 saturated carbocycles. The molecule has 4 heteroatoms. The van der Waals surface area contributed by atoms with Crippen LogP contribution in [0, 0.1) is 6.92 Å². The summed E-state index contributed by atoms with van der Waals surface area (Å²) in [5, 5.41) is 14.3. The highest BCUT2D eigenvalue weighted by atomic mass is 32.1. The van der Waals surface area contributed by atoms with E-state index in [1.54, 1.807) is 29.5 Å². The van der Waals surface area contributed by atoms with Crippen LogP contribution in [0.3, 0.4) is 0 Å². The lowest BCUT2D eigenvalue weighted by Gasteiger charge is -2.06. The number of rotatable bonds is 5. The molecule has 0 aliphatic carbocycles. The number of amides is 1. The summed E-state index contributed by atoms with van der Waals surface area (Å²) in [4.78, 5) is 13.1. The normalized spacial score (nSPS) is 10.4. The van der Waals surface area contributed by atoms with Crippen molar-refractivity contribution in [2.24, 2.45) is 0 Å². The number of hydrogen-bond acceptors (Lipinski definition) is 3. The Kier molecular flexibility index (Phi) is 4.58. The summed E-state index contributed by atoms with van der Waals surface area (Å²) < 4.78 is 0. The summed E-state index contributed by atoms with van der Waals surface area (Å²) in [5.74, 6) is 0.261. The van der Waals surface area contributed by atoms with E-state index in [0.29, 0.717) is 6.42 Å². The third-order valence-electron chi connectivity index (χ3n) is 2.89. The SMILES string of the molecule is Cc1cc(NC(=O)CCCc2cccs2)ccc1O. The smallest absolute Gasteiger partial charge is 0.224 e. The van der Waals surface area contributed by atoms with E-state index < -0.39 is 0 Å². The second-order valence-corrected chi connectivity index (χ2v) is 5.51. The molecule has 0 atom stereocenters. The number of aryl methyl sites for hydroxylation is 2. The average Bonchev–Trinajstić information content (AvgIpc) is 2.87. The van der Waals surface area contributed by atoms with Gasteiger partial charge in [-0.15, -0.1) is 11.3 Å². The molecule has 0 unspecified atom stereocenters. The lowest BCUT2D eigenvalue weighted by atomic mass is 10.2. The Morgan fingerprint density at radius 1 is 1.37 bits per heavy atom. The van der Waals surface area contributed by atoms with Crippen molar-refractivity contribution in [2.75, 3.05) is 5.32 Å². The van der Waals surface area contributed by atoms with Gasteiger partial charge in [0.05, 0.1) is 0 Å². The standard InChI is InChI=1S/C15H17NO2S/c1-11-10-12(7-8-14(11)17)16-15(18)6-2-4-13-5-3-9-19-13/h3,5,7-10,17H,2,4,6H2,1H3,(H,16,18). The van der Waals surface area contributed by atoms with Crippen LogP contribution in [0.25, 0.3) is 0 Å². The molecule has 2 N–H and O–H groups in total. The van der Waals surface area contributed by atoms with Crippen LogP contribution in [0.5, 0.6) is 5.75 Å². The van der Waals surface area contributed by atoms with Crippen molar-refractivity contribution >= 4 is 22.9 Å². The molecule has 0 radical (unpaired) electrons. The number of nitrogens with one attached hydrogen (secondary N) is 1. The minimum absolute atomic E-state index is 0.0154. The number of thiophene rings is 1. The van der Waals surface area contributed by atoms with Gasteiger partial charge < -0.3 is 10.4 Å². The van der Waals surface area contributed by atoms with Crippen LogP contribution in [0.4, 0.5) is 5.69 Å². The zero-order valence-corrected chi connectivity index (χ0v) is 11.7. The van der Waals surface area contributed by atoms with Crippen LogP contribution in [-0.2, 0) is 11.2 Å². The summed E-state index contributed by atoms with van der Waals surface area (Å²) in [5.41, 5.74) is 1.49. The third kappa shape index (κ3) is 4.10. The van der Waals surface area contributed by atoms with E-state index in [0.717, 1.165) is 24.1 Å². The summed E-state index contributed by atoms with van der Waals surface area (Å²) in [7, 11) is 0. The van der Waals surface area contributed by atoms with Gasteiger partial charge in [0, 0.05) is 17.0 Å². The highest BCUT2D eigenvalue weighted by molar-refractivity contribution is 7.09. The minimum Gasteiger partial charge on any atom is -0.508 e. The molecule has 2 rings (SSSR count). The third-order valence-corrected chi connectivity index (χ3v) is 3.82. The highest BCUT2D eigenvalue weighted by Crippen LogP contribution is 2.20. The molecule has 0 aliphatic rings. The Hall–Kier alpha value is -1.81. The topological polar surface area (TPSA) is 49.3 Å². The van der Waals surface area contributed by atoms with Gasteiger partial charge in [-0.2, -0.15) is 0 Å². The van der Waals surface area contributed by atoms with Crippen LogP contribution in [0.2, 0.25) is 0 Å². The molecule has 0 bridgehead atoms. The summed E-state index contributed by atoms with van der Waals surface area (Å²) in [6.45, 7) is 1.81. The molecule has 1 amide bonds. The van der Waals surface area contributed by atoms with Crippen molar-refractivity contribution in [2.45, 2.75) is 26.2 Å². The van der Waals surface area contributed by atoms with Gasteiger partial charge in [-0.1, -0.05) is 6.07 Å². The lowest BCUT2D eigenvalue weighted by Crippen LogP contribution is -2.11. The average molecular weight is 275 g/mol. The first-order chi connectivity index (χ1) is 9.15. The Labute approximate surface area is 116 Å². The number of aromatic hydroxyl groups is 1. The van der Waals surface area contributed by atoms with Crippen molar-refractivity contribution in [3.8, 4) is 5.75 Å². The van der Waals surface area contributed by atoms with Gasteiger partial charge in [-0.25, -0.2) is 0 Å². The molecule has 1 aromatic carbocycles. The molecule has 0 spiro atoms. The molecule has 1 heterocycles. The summed E-state index contributed by atoms with van der Waals surface area (Å²) in [6, 6.07) is 9.19. The van der Waals surface area contributed by atoms with Crippen LogP contribution < -0.4 is 5.32 Å². The zero-order valence-electron chi connectivity index (χ0n) is 10.8. The first-order valence-electron chi connectivity index (χ1n) is 6.27. The van der Waals surface area contributed by atoms with E-state index in [2.05, 4.69) is 16.8 Å². The Morgan fingerprint density at radius 3 is 2.89 bits per heavy atom. The molecule has 0 saturated heterocycles. The number of anilines is 1. The number of benzene rings is 1. The van der Waals surface area contributed by atoms with Crippen LogP contribution in [-0.4, -0.2) is 11.0 Å². The minimum atomic E-state index is 0.0154. The summed E-state index contributed by atoms with van der Waals surface area (Å²) >= 11 is 1.72. The van der Waals surface area contributed by atoms with Gasteiger partial charge in [0.2, 0.25) is 5.91 Å². The molecule has 3 nitrogen and oxygen atoms in total. The van der Waals surface area contributed by atoms with Gasteiger partial charge in [0.25, 0.3) is 0 Å². The molecule has 2 aromatic rings. The Balaban J connectivity index is 1.79. The summed E-state index contributed by atoms with van der Waals surface area (Å²) in [6.07, 6.45) is 2.31. The highest BCUT2D eigenvalue weighted by Gasteiger charge is 2.04. The fourth-order valence-electron chi connectivity index (χ4n) is 1.83. The predicted octanol–water partition coefficient (Wildman–Crippen LogP) is 3.72. The second-order valence-electron chi connectivity index (χ2n) is 4.48. The molecule has 19 heavy (non-hydrogen) atoms. The largest absolute Gasteiger partial charge is 0.508 e. The van der Waals surface area contributed by atoms with Gasteiger partial charge in [-0.05, 0) is 55.0 Å². The first kappa shape index (κ1) is 13.6. The second kappa shape index (κ2) is 6.38. The first-order valence-corrected chi connectivity index (χ1v) is 7.15. The monoisotopic (exact) mass is 275 g/mol. The fraction of sp³-hybridized carbons (Fsp3) is 0.267. The molecule has 0 aliphatic heterocycles. The molecular formula is C15H17NO2S. The van der Waals surface area contributed by atoms with E-state index in [1.165, 1.54) is 4.88 Å². The van der Waals surface area contributed by atoms with E-state index in [-0.39, 0.29) is 11.7 Å². The van der Waals surface area contributed by atoms with Gasteiger partial charge in [-0.3, -0.25) is 4.79 Å². The molecule has 1 aromatic heterocycles. The van der Waals surface area contributed by atoms with Gasteiger partial charge in [0.15, 0.2) is 0 Å². The number of carbonyl (C=O) groups is 1. The predicted molar refractivity (Wildman–Crippen MR) is 78.7 cm³/mol. The van der Waals surface area contributed by atoms with Crippen LogP contribution in [0.15, 0.2) is 35.7 Å². The quantitative estimate of drug-likeness (QED) is 0.817. The van der Waals surface area contributed by atoms with Crippen molar-refractivity contribution in [1.29, 1.82) is 0 Å². The number of phenols is 1. The van der Waals surface area contributed by atoms with E-state index in [9.17, 15) is 9.90 Å². The van der Waals surface area contributed by atoms with Gasteiger partial charge in [0.1, 0.15) is 5.75 Å². The van der Waals surface area contributed by atoms with Crippen molar-refractivity contribution in [3.63, 3.8) is 0 Å². The lowest BCUT2D eigenvalue weighted by molar-refractivity contribution is -0.116. The van der Waals surface area contributed by atoms with E-state index in [4.69, 9.17) is 0 Å². The molecule has 0 fully saturated rings. The van der Waals surface area contributed by atoms with Crippen molar-refractivity contribution in [1.82, 2.24) is 0 Å². The van der Waals surface area contributed by atoms with Crippen LogP contribution in [0.1, 0.15) is 23.3 Å². The maximum Gasteiger partial charge on any atom is 0.224 e. The van der Waals surface area contributed by atoms with Gasteiger partial charge >= 0.3 is 0 Å². The number of phenolic OH excluding ortho intramolecular Hbond substituents is 1. The van der Waals surface area contributed by atoms with E-state index >= 15 is 0 Å². The number of hydrogen-bond donors (Lipinski definition) is 2. The Bertz CT molecular complexity index is 549. The maximum atomic E-state index is 11.8. The maximum absolute atomic E-state index is 11.8.